The summed E-state index contributed by atoms with van der Waals surface area (Å²) in [5, 5.41) is 0. The molecule has 1 rings (SSSR count). The van der Waals surface area contributed by atoms with Crippen LogP contribution in [0.2, 0.25) is 6.32 Å². The van der Waals surface area contributed by atoms with Crippen LogP contribution in [0.4, 0.5) is 12.9 Å². The van der Waals surface area contributed by atoms with E-state index in [1.165, 1.54) is 0 Å². The fourth-order valence-corrected chi connectivity index (χ4v) is 1.48. The molecule has 0 saturated heterocycles. The van der Waals surface area contributed by atoms with Crippen LogP contribution < -0.4 is 0 Å². The van der Waals surface area contributed by atoms with Gasteiger partial charge >= 0.3 is 6.98 Å². The molecule has 0 aromatic rings. The maximum Gasteiger partial charge on any atom is 0.478 e. The summed E-state index contributed by atoms with van der Waals surface area (Å²) in [6.07, 6.45) is 2.53. The quantitative estimate of drug-likeness (QED) is 0.560. The predicted molar refractivity (Wildman–Crippen MR) is 40.4 cm³/mol. The SMILES string of the molecule is CC(CC1CC1)C[B-](F)(F)F. The number of hydrogen-bond acceptors (Lipinski definition) is 0. The van der Waals surface area contributed by atoms with Gasteiger partial charge in [-0.2, -0.15) is 0 Å². The first-order valence-electron chi connectivity index (χ1n) is 4.18. The van der Waals surface area contributed by atoms with E-state index in [9.17, 15) is 12.9 Å². The average molecular weight is 165 g/mol. The monoisotopic (exact) mass is 165 g/mol. The Morgan fingerprint density at radius 3 is 2.27 bits per heavy atom. The van der Waals surface area contributed by atoms with Crippen molar-refractivity contribution in [3.8, 4) is 0 Å². The van der Waals surface area contributed by atoms with Crippen molar-refractivity contribution in [2.75, 3.05) is 0 Å². The van der Waals surface area contributed by atoms with E-state index in [4.69, 9.17) is 0 Å². The Kier molecular flexibility index (Phi) is 2.50. The van der Waals surface area contributed by atoms with E-state index in [1.54, 1.807) is 6.92 Å². The van der Waals surface area contributed by atoms with Crippen LogP contribution in [-0.2, 0) is 0 Å². The molecule has 0 aromatic heterocycles. The van der Waals surface area contributed by atoms with Crippen LogP contribution >= 0.6 is 0 Å². The Hall–Kier alpha value is -0.145. The third-order valence-corrected chi connectivity index (χ3v) is 2.10. The van der Waals surface area contributed by atoms with Gasteiger partial charge in [-0.1, -0.05) is 38.4 Å². The molecular weight excluding hydrogens is 152 g/mol. The van der Waals surface area contributed by atoms with Gasteiger partial charge in [-0.25, -0.2) is 0 Å². The van der Waals surface area contributed by atoms with E-state index >= 15 is 0 Å². The van der Waals surface area contributed by atoms with E-state index in [-0.39, 0.29) is 5.92 Å². The van der Waals surface area contributed by atoms with Crippen LogP contribution in [0.1, 0.15) is 26.2 Å². The van der Waals surface area contributed by atoms with Crippen LogP contribution in [0, 0.1) is 11.8 Å². The Morgan fingerprint density at radius 1 is 1.36 bits per heavy atom. The van der Waals surface area contributed by atoms with Crippen LogP contribution in [0.5, 0.6) is 0 Å². The molecule has 0 heterocycles. The van der Waals surface area contributed by atoms with Crippen molar-refractivity contribution in [2.24, 2.45) is 11.8 Å². The minimum Gasteiger partial charge on any atom is -0.449 e. The molecule has 4 heteroatoms. The van der Waals surface area contributed by atoms with Gasteiger partial charge in [-0.3, -0.25) is 0 Å². The first-order chi connectivity index (χ1) is 4.97. The summed E-state index contributed by atoms with van der Waals surface area (Å²) < 4.78 is 35.5. The van der Waals surface area contributed by atoms with Crippen molar-refractivity contribution in [1.82, 2.24) is 0 Å². The molecule has 1 fully saturated rings. The maximum absolute atomic E-state index is 11.8. The molecule has 0 amide bonds. The lowest BCUT2D eigenvalue weighted by atomic mass is 9.77. The van der Waals surface area contributed by atoms with Crippen LogP contribution in [0.25, 0.3) is 0 Å². The Bertz CT molecular complexity index is 128. The fourth-order valence-electron chi connectivity index (χ4n) is 1.48. The van der Waals surface area contributed by atoms with Crippen molar-refractivity contribution in [3.63, 3.8) is 0 Å². The molecule has 11 heavy (non-hydrogen) atoms. The summed E-state index contributed by atoms with van der Waals surface area (Å²) >= 11 is 0. The average Bonchev–Trinajstić information content (AvgIpc) is 2.42. The molecule has 0 bridgehead atoms. The number of rotatable bonds is 4. The predicted octanol–water partition coefficient (Wildman–Crippen LogP) is 3.27. The van der Waals surface area contributed by atoms with Crippen molar-refractivity contribution in [1.29, 1.82) is 0 Å². The highest BCUT2D eigenvalue weighted by Gasteiger charge is 2.29. The summed E-state index contributed by atoms with van der Waals surface area (Å²) in [5.74, 6) is 0.464. The molecule has 0 nitrogen and oxygen atoms in total. The van der Waals surface area contributed by atoms with Gasteiger partial charge in [0.05, 0.1) is 0 Å². The number of halogens is 3. The van der Waals surface area contributed by atoms with Crippen LogP contribution in [0.15, 0.2) is 0 Å². The van der Waals surface area contributed by atoms with Crippen molar-refractivity contribution in [2.45, 2.75) is 32.5 Å². The third-order valence-electron chi connectivity index (χ3n) is 2.10. The zero-order chi connectivity index (χ0) is 8.48. The maximum atomic E-state index is 11.8. The molecule has 1 unspecified atom stereocenters. The molecule has 1 atom stereocenters. The minimum absolute atomic E-state index is 0.150. The van der Waals surface area contributed by atoms with Crippen molar-refractivity contribution >= 4 is 6.98 Å². The molecular formula is C7H13BF3-. The molecule has 0 spiro atoms. The van der Waals surface area contributed by atoms with E-state index in [0.717, 1.165) is 19.3 Å². The van der Waals surface area contributed by atoms with Crippen molar-refractivity contribution < 1.29 is 12.9 Å². The van der Waals surface area contributed by atoms with Gasteiger partial charge in [0.1, 0.15) is 0 Å². The second-order valence-corrected chi connectivity index (χ2v) is 3.73. The second-order valence-electron chi connectivity index (χ2n) is 3.73. The van der Waals surface area contributed by atoms with Crippen LogP contribution in [-0.4, -0.2) is 6.98 Å². The lowest BCUT2D eigenvalue weighted by molar-refractivity contribution is 0.421. The standard InChI is InChI=1S/C7H13BF3/c1-6(4-7-2-3-7)5-8(9,10)11/h6-7H,2-5H2,1H3/q-1. The Balaban J connectivity index is 2.13. The molecule has 0 radical (unpaired) electrons. The van der Waals surface area contributed by atoms with Gasteiger partial charge in [-0.15, -0.1) is 0 Å². The molecule has 0 aliphatic heterocycles. The van der Waals surface area contributed by atoms with Gasteiger partial charge in [0.15, 0.2) is 0 Å². The fraction of sp³-hybridized carbons (Fsp3) is 1.00. The zero-order valence-corrected chi connectivity index (χ0v) is 6.69. The van der Waals surface area contributed by atoms with E-state index in [0.29, 0.717) is 5.92 Å². The van der Waals surface area contributed by atoms with E-state index in [2.05, 4.69) is 0 Å². The van der Waals surface area contributed by atoms with Crippen LogP contribution in [0.3, 0.4) is 0 Å². The number of hydrogen-bond donors (Lipinski definition) is 0. The molecule has 0 N–H and O–H groups in total. The normalized spacial score (nSPS) is 21.8. The largest absolute Gasteiger partial charge is 0.478 e. The van der Waals surface area contributed by atoms with E-state index < -0.39 is 13.3 Å². The zero-order valence-electron chi connectivity index (χ0n) is 6.69. The molecule has 1 aliphatic rings. The molecule has 1 aliphatic carbocycles. The lowest BCUT2D eigenvalue weighted by Crippen LogP contribution is -2.18. The lowest BCUT2D eigenvalue weighted by Gasteiger charge is -2.18. The smallest absolute Gasteiger partial charge is 0.449 e. The van der Waals surface area contributed by atoms with E-state index in [1.807, 2.05) is 0 Å². The van der Waals surface area contributed by atoms with Gasteiger partial charge in [-0.05, 0) is 5.92 Å². The topological polar surface area (TPSA) is 0 Å². The highest BCUT2D eigenvalue weighted by Crippen LogP contribution is 2.37. The molecule has 0 aromatic carbocycles. The summed E-state index contributed by atoms with van der Waals surface area (Å²) in [6, 6.07) is 0. The highest BCUT2D eigenvalue weighted by molar-refractivity contribution is 6.58. The third kappa shape index (κ3) is 4.33. The molecule has 66 valence electrons. The Morgan fingerprint density at radius 2 is 1.91 bits per heavy atom. The first-order valence-corrected chi connectivity index (χ1v) is 4.18. The van der Waals surface area contributed by atoms with Gasteiger partial charge < -0.3 is 12.9 Å². The first kappa shape index (κ1) is 8.95. The Labute approximate surface area is 65.2 Å². The van der Waals surface area contributed by atoms with Gasteiger partial charge in [0.25, 0.3) is 0 Å². The highest BCUT2D eigenvalue weighted by atomic mass is 19.4. The summed E-state index contributed by atoms with van der Waals surface area (Å²) in [7, 11) is 0. The summed E-state index contributed by atoms with van der Waals surface area (Å²) in [4.78, 5) is 0. The second kappa shape index (κ2) is 3.07. The van der Waals surface area contributed by atoms with Crippen molar-refractivity contribution in [3.05, 3.63) is 0 Å². The minimum atomic E-state index is -4.55. The van der Waals surface area contributed by atoms with Gasteiger partial charge in [0, 0.05) is 0 Å². The van der Waals surface area contributed by atoms with Gasteiger partial charge in [0.2, 0.25) is 0 Å². The molecule has 1 saturated carbocycles. The summed E-state index contributed by atoms with van der Waals surface area (Å²) in [5.41, 5.74) is 0. The summed E-state index contributed by atoms with van der Waals surface area (Å²) in [6.45, 7) is -2.84.